The summed E-state index contributed by atoms with van der Waals surface area (Å²) in [4.78, 5) is 7.26. The van der Waals surface area contributed by atoms with Crippen LogP contribution in [0.2, 0.25) is 0 Å². The topological polar surface area (TPSA) is 25.4 Å². The second-order valence-corrected chi connectivity index (χ2v) is 7.21. The molecule has 1 aromatic rings. The highest BCUT2D eigenvalue weighted by molar-refractivity contribution is 8.00. The molecule has 0 aliphatic carbocycles. The van der Waals surface area contributed by atoms with Crippen molar-refractivity contribution in [2.75, 3.05) is 25.4 Å². The molecule has 1 aliphatic heterocycles. The maximum atomic E-state index is 5.60. The molecule has 0 N–H and O–H groups in total. The van der Waals surface area contributed by atoms with Gasteiger partial charge in [0, 0.05) is 42.6 Å². The maximum absolute atomic E-state index is 5.60. The summed E-state index contributed by atoms with van der Waals surface area (Å²) in [7, 11) is 0. The third kappa shape index (κ3) is 4.45. The predicted octanol–water partition coefficient (Wildman–Crippen LogP) is 3.57. The van der Waals surface area contributed by atoms with Crippen molar-refractivity contribution in [3.63, 3.8) is 0 Å². The lowest BCUT2D eigenvalue weighted by molar-refractivity contribution is 0.0760. The largest absolute Gasteiger partial charge is 0.372 e. The number of nitrogens with zero attached hydrogens (tertiary/aromatic N) is 2. The Labute approximate surface area is 124 Å². The molecule has 0 spiro atoms. The number of hydrogen-bond acceptors (Lipinski definition) is 5. The average molecular weight is 300 g/mol. The molecule has 5 heteroatoms. The van der Waals surface area contributed by atoms with Gasteiger partial charge in [-0.05, 0) is 20.3 Å². The molecule has 0 bridgehead atoms. The van der Waals surface area contributed by atoms with Gasteiger partial charge in [-0.3, -0.25) is 4.90 Å². The molecule has 1 aliphatic rings. The number of ether oxygens (including phenoxy) is 1. The molecule has 2 rings (SSSR count). The lowest BCUT2D eigenvalue weighted by atomic mass is 10.3. The van der Waals surface area contributed by atoms with Gasteiger partial charge >= 0.3 is 0 Å². The number of rotatable bonds is 6. The van der Waals surface area contributed by atoms with E-state index in [4.69, 9.17) is 9.72 Å². The third-order valence-electron chi connectivity index (χ3n) is 3.40. The van der Waals surface area contributed by atoms with Gasteiger partial charge in [0.2, 0.25) is 0 Å². The van der Waals surface area contributed by atoms with Crippen LogP contribution in [0, 0.1) is 0 Å². The lowest BCUT2D eigenvalue weighted by Crippen LogP contribution is -2.37. The summed E-state index contributed by atoms with van der Waals surface area (Å²) < 4.78 is 5.60. The van der Waals surface area contributed by atoms with E-state index in [1.807, 2.05) is 6.92 Å². The molecule has 0 saturated carbocycles. The Morgan fingerprint density at radius 3 is 3.11 bits per heavy atom. The monoisotopic (exact) mass is 300 g/mol. The molecule has 0 aromatic carbocycles. The first kappa shape index (κ1) is 15.3. The van der Waals surface area contributed by atoms with Crippen LogP contribution in [0.5, 0.6) is 0 Å². The molecule has 0 radical (unpaired) electrons. The van der Waals surface area contributed by atoms with Crippen molar-refractivity contribution < 1.29 is 4.74 Å². The van der Waals surface area contributed by atoms with E-state index in [9.17, 15) is 0 Å². The van der Waals surface area contributed by atoms with Crippen LogP contribution >= 0.6 is 23.1 Å². The first-order valence-electron chi connectivity index (χ1n) is 7.12. The van der Waals surface area contributed by atoms with Gasteiger partial charge in [0.1, 0.15) is 11.1 Å². The normalized spacial score (nSPS) is 22.6. The predicted molar refractivity (Wildman–Crippen MR) is 84.0 cm³/mol. The van der Waals surface area contributed by atoms with E-state index in [2.05, 4.69) is 35.9 Å². The Kier molecular flexibility index (Phi) is 6.13. The minimum absolute atomic E-state index is 0.129. The standard InChI is InChI=1S/C14H24N2OS2/c1-4-13-9-16(6-7-18-13)8-12-10-19-14(15-12)11(3)17-5-2/h10-11,13H,4-9H2,1-3H3/t11-,13+/m0/s1. The minimum atomic E-state index is 0.129. The van der Waals surface area contributed by atoms with Crippen LogP contribution < -0.4 is 0 Å². The Bertz CT molecular complexity index is 383. The van der Waals surface area contributed by atoms with Crippen LogP contribution in [-0.4, -0.2) is 40.6 Å². The van der Waals surface area contributed by atoms with E-state index in [0.717, 1.165) is 23.4 Å². The molecule has 2 atom stereocenters. The van der Waals surface area contributed by atoms with E-state index in [-0.39, 0.29) is 6.10 Å². The van der Waals surface area contributed by atoms with E-state index < -0.39 is 0 Å². The summed E-state index contributed by atoms with van der Waals surface area (Å²) in [5.41, 5.74) is 1.20. The molecule has 19 heavy (non-hydrogen) atoms. The van der Waals surface area contributed by atoms with Gasteiger partial charge in [-0.15, -0.1) is 11.3 Å². The fraction of sp³-hybridized carbons (Fsp3) is 0.786. The quantitative estimate of drug-likeness (QED) is 0.802. The fourth-order valence-electron chi connectivity index (χ4n) is 2.30. The van der Waals surface area contributed by atoms with Gasteiger partial charge in [0.25, 0.3) is 0 Å². The van der Waals surface area contributed by atoms with Crippen LogP contribution in [0.15, 0.2) is 5.38 Å². The molecule has 108 valence electrons. The number of hydrogen-bond donors (Lipinski definition) is 0. The fourth-order valence-corrected chi connectivity index (χ4v) is 4.37. The van der Waals surface area contributed by atoms with Crippen LogP contribution in [-0.2, 0) is 11.3 Å². The van der Waals surface area contributed by atoms with Gasteiger partial charge < -0.3 is 4.74 Å². The molecule has 0 unspecified atom stereocenters. The van der Waals surface area contributed by atoms with Crippen LogP contribution in [0.1, 0.15) is 44.0 Å². The summed E-state index contributed by atoms with van der Waals surface area (Å²) in [5, 5.41) is 4.09. The third-order valence-corrected chi connectivity index (χ3v) is 5.82. The highest BCUT2D eigenvalue weighted by Gasteiger charge is 2.20. The molecule has 3 nitrogen and oxygen atoms in total. The van der Waals surface area contributed by atoms with E-state index in [1.165, 1.54) is 31.0 Å². The molecular formula is C14H24N2OS2. The van der Waals surface area contributed by atoms with E-state index in [1.54, 1.807) is 11.3 Å². The molecule has 1 aromatic heterocycles. The van der Waals surface area contributed by atoms with Crippen molar-refractivity contribution in [3.05, 3.63) is 16.1 Å². The number of aromatic nitrogens is 1. The van der Waals surface area contributed by atoms with Gasteiger partial charge in [-0.1, -0.05) is 6.92 Å². The van der Waals surface area contributed by atoms with Crippen molar-refractivity contribution in [2.45, 2.75) is 45.1 Å². The lowest BCUT2D eigenvalue weighted by Gasteiger charge is -2.31. The SMILES string of the molecule is CCO[C@@H](C)c1nc(CN2CCS[C@H](CC)C2)cs1. The first-order valence-corrected chi connectivity index (χ1v) is 9.05. The van der Waals surface area contributed by atoms with Gasteiger partial charge in [0.05, 0.1) is 5.69 Å². The summed E-state index contributed by atoms with van der Waals surface area (Å²) in [5.74, 6) is 1.25. The molecular weight excluding hydrogens is 276 g/mol. The second kappa shape index (κ2) is 7.62. The summed E-state index contributed by atoms with van der Waals surface area (Å²) in [6.07, 6.45) is 1.40. The Morgan fingerprint density at radius 2 is 2.37 bits per heavy atom. The summed E-state index contributed by atoms with van der Waals surface area (Å²) in [6, 6.07) is 0. The van der Waals surface area contributed by atoms with Crippen molar-refractivity contribution >= 4 is 23.1 Å². The summed E-state index contributed by atoms with van der Waals surface area (Å²) in [6.45, 7) is 10.5. The Morgan fingerprint density at radius 1 is 1.53 bits per heavy atom. The zero-order valence-corrected chi connectivity index (χ0v) is 13.7. The van der Waals surface area contributed by atoms with Crippen molar-refractivity contribution in [2.24, 2.45) is 0 Å². The van der Waals surface area contributed by atoms with Crippen molar-refractivity contribution in [3.8, 4) is 0 Å². The molecule has 0 amide bonds. The minimum Gasteiger partial charge on any atom is -0.372 e. The van der Waals surface area contributed by atoms with E-state index >= 15 is 0 Å². The van der Waals surface area contributed by atoms with E-state index in [0.29, 0.717) is 0 Å². The van der Waals surface area contributed by atoms with Crippen LogP contribution in [0.4, 0.5) is 0 Å². The summed E-state index contributed by atoms with van der Waals surface area (Å²) >= 11 is 3.84. The molecule has 1 saturated heterocycles. The van der Waals surface area contributed by atoms with Gasteiger partial charge in [0.15, 0.2) is 0 Å². The Hall–Kier alpha value is -0.100. The highest BCUT2D eigenvalue weighted by atomic mass is 32.2. The van der Waals surface area contributed by atoms with Gasteiger partial charge in [-0.25, -0.2) is 4.98 Å². The smallest absolute Gasteiger partial charge is 0.122 e. The first-order chi connectivity index (χ1) is 9.22. The molecule has 1 fully saturated rings. The Balaban J connectivity index is 1.88. The molecule has 2 heterocycles. The maximum Gasteiger partial charge on any atom is 0.122 e. The van der Waals surface area contributed by atoms with Crippen LogP contribution in [0.3, 0.4) is 0 Å². The number of thioether (sulfide) groups is 1. The zero-order valence-electron chi connectivity index (χ0n) is 12.1. The van der Waals surface area contributed by atoms with Crippen molar-refractivity contribution in [1.82, 2.24) is 9.88 Å². The van der Waals surface area contributed by atoms with Crippen molar-refractivity contribution in [1.29, 1.82) is 0 Å². The second-order valence-electron chi connectivity index (χ2n) is 4.91. The van der Waals surface area contributed by atoms with Gasteiger partial charge in [-0.2, -0.15) is 11.8 Å². The highest BCUT2D eigenvalue weighted by Crippen LogP contribution is 2.25. The number of thiazole rings is 1. The average Bonchev–Trinajstić information content (AvgIpc) is 2.88. The van der Waals surface area contributed by atoms with Crippen LogP contribution in [0.25, 0.3) is 0 Å². The zero-order chi connectivity index (χ0) is 13.7.